The summed E-state index contributed by atoms with van der Waals surface area (Å²) in [5.74, 6) is -0.504. The molecule has 0 bridgehead atoms. The second-order valence-electron chi connectivity index (χ2n) is 4.57. The van der Waals surface area contributed by atoms with Crippen LogP contribution in [-0.2, 0) is 4.84 Å². The van der Waals surface area contributed by atoms with Crippen molar-refractivity contribution in [2.45, 2.75) is 13.3 Å². The second-order valence-corrected chi connectivity index (χ2v) is 5.00. The van der Waals surface area contributed by atoms with E-state index in [9.17, 15) is 4.79 Å². The van der Waals surface area contributed by atoms with Crippen molar-refractivity contribution in [1.29, 1.82) is 0 Å². The number of allylic oxidation sites excluding steroid dienone is 1. The molecule has 4 heteroatoms. The van der Waals surface area contributed by atoms with Gasteiger partial charge in [0, 0.05) is 5.02 Å². The van der Waals surface area contributed by atoms with Crippen LogP contribution in [0.1, 0.15) is 29.3 Å². The minimum absolute atomic E-state index is 0.413. The van der Waals surface area contributed by atoms with Crippen LogP contribution in [0.2, 0.25) is 5.02 Å². The molecule has 0 aromatic heterocycles. The molecule has 0 aliphatic carbocycles. The molecular weight excluding hydrogens is 298 g/mol. The lowest BCUT2D eigenvalue weighted by Gasteiger charge is -2.00. The third kappa shape index (κ3) is 4.86. The summed E-state index contributed by atoms with van der Waals surface area (Å²) in [4.78, 5) is 16.8. The van der Waals surface area contributed by atoms with E-state index < -0.39 is 5.97 Å². The molecule has 0 amide bonds. The van der Waals surface area contributed by atoms with Crippen molar-refractivity contribution < 1.29 is 9.63 Å². The van der Waals surface area contributed by atoms with Crippen molar-refractivity contribution in [2.75, 3.05) is 0 Å². The molecule has 0 aliphatic heterocycles. The van der Waals surface area contributed by atoms with E-state index in [0.717, 1.165) is 5.56 Å². The fourth-order valence-electron chi connectivity index (χ4n) is 1.71. The van der Waals surface area contributed by atoms with E-state index in [1.165, 1.54) is 0 Å². The van der Waals surface area contributed by atoms with Gasteiger partial charge in [0.05, 0.1) is 11.3 Å². The summed E-state index contributed by atoms with van der Waals surface area (Å²) >= 11 is 5.78. The highest BCUT2D eigenvalue weighted by Gasteiger charge is 2.06. The molecule has 3 nitrogen and oxygen atoms in total. The lowest BCUT2D eigenvalue weighted by Crippen LogP contribution is -2.03. The molecule has 0 atom stereocenters. The van der Waals surface area contributed by atoms with Gasteiger partial charge in [0.2, 0.25) is 0 Å². The minimum atomic E-state index is -0.504. The molecule has 0 radical (unpaired) electrons. The third-order valence-electron chi connectivity index (χ3n) is 2.96. The van der Waals surface area contributed by atoms with Crippen molar-refractivity contribution in [1.82, 2.24) is 0 Å². The molecule has 0 spiro atoms. The Morgan fingerprint density at radius 3 is 2.45 bits per heavy atom. The first-order valence-electron chi connectivity index (χ1n) is 6.96. The van der Waals surface area contributed by atoms with Crippen LogP contribution in [0.25, 0.3) is 6.08 Å². The first kappa shape index (κ1) is 16.0. The molecule has 0 fully saturated rings. The maximum atomic E-state index is 11.9. The molecule has 22 heavy (non-hydrogen) atoms. The minimum Gasteiger partial charge on any atom is -0.313 e. The monoisotopic (exact) mass is 313 g/mol. The predicted octanol–water partition coefficient (Wildman–Crippen LogP) is 4.98. The van der Waals surface area contributed by atoms with Crippen molar-refractivity contribution in [3.63, 3.8) is 0 Å². The number of nitrogens with zero attached hydrogens (tertiary/aromatic N) is 1. The molecule has 0 saturated carbocycles. The zero-order valence-corrected chi connectivity index (χ0v) is 13.0. The van der Waals surface area contributed by atoms with Crippen molar-refractivity contribution in [2.24, 2.45) is 5.16 Å². The fourth-order valence-corrected chi connectivity index (χ4v) is 1.83. The van der Waals surface area contributed by atoms with Gasteiger partial charge < -0.3 is 4.84 Å². The van der Waals surface area contributed by atoms with E-state index in [1.807, 2.05) is 49.4 Å². The zero-order chi connectivity index (χ0) is 15.8. The summed E-state index contributed by atoms with van der Waals surface area (Å²) < 4.78 is 0. The smallest absolute Gasteiger partial charge is 0.313 e. The average molecular weight is 314 g/mol. The molecule has 112 valence electrons. The summed E-state index contributed by atoms with van der Waals surface area (Å²) in [5.41, 5.74) is 2.16. The molecule has 0 N–H and O–H groups in total. The molecule has 0 unspecified atom stereocenters. The van der Waals surface area contributed by atoms with Crippen LogP contribution < -0.4 is 0 Å². The number of hydrogen-bond donors (Lipinski definition) is 0. The van der Waals surface area contributed by atoms with Crippen LogP contribution in [0.15, 0.2) is 65.8 Å². The number of halogens is 1. The number of rotatable bonds is 5. The predicted molar refractivity (Wildman–Crippen MR) is 90.1 cm³/mol. The van der Waals surface area contributed by atoms with E-state index in [-0.39, 0.29) is 0 Å². The quantitative estimate of drug-likeness (QED) is 0.444. The van der Waals surface area contributed by atoms with Crippen LogP contribution in [0.3, 0.4) is 0 Å². The van der Waals surface area contributed by atoms with Crippen LogP contribution in [0.5, 0.6) is 0 Å². The van der Waals surface area contributed by atoms with E-state index >= 15 is 0 Å². The number of carbonyl (C=O) groups excluding carboxylic acids is 1. The lowest BCUT2D eigenvalue weighted by molar-refractivity contribution is 0.0516. The summed E-state index contributed by atoms with van der Waals surface area (Å²) in [6.07, 6.45) is 4.43. The third-order valence-corrected chi connectivity index (χ3v) is 3.21. The van der Waals surface area contributed by atoms with Gasteiger partial charge in [0.25, 0.3) is 0 Å². The highest BCUT2D eigenvalue weighted by atomic mass is 35.5. The molecule has 0 aliphatic rings. The van der Waals surface area contributed by atoms with E-state index in [2.05, 4.69) is 5.16 Å². The molecule has 0 heterocycles. The van der Waals surface area contributed by atoms with Gasteiger partial charge in [0.1, 0.15) is 0 Å². The summed E-state index contributed by atoms with van der Waals surface area (Å²) in [6.45, 7) is 1.95. The van der Waals surface area contributed by atoms with E-state index in [4.69, 9.17) is 16.4 Å². The van der Waals surface area contributed by atoms with Crippen LogP contribution in [0.4, 0.5) is 0 Å². The van der Waals surface area contributed by atoms with Crippen molar-refractivity contribution >= 4 is 29.4 Å². The maximum absolute atomic E-state index is 11.9. The van der Waals surface area contributed by atoms with Crippen LogP contribution in [0, 0.1) is 0 Å². The largest absolute Gasteiger partial charge is 0.365 e. The molecule has 2 aromatic rings. The molecule has 2 rings (SSSR count). The first-order chi connectivity index (χ1) is 10.7. The Morgan fingerprint density at radius 1 is 1.14 bits per heavy atom. The Labute approximate surface area is 134 Å². The van der Waals surface area contributed by atoms with Gasteiger partial charge in [-0.15, -0.1) is 0 Å². The van der Waals surface area contributed by atoms with Gasteiger partial charge in [-0.1, -0.05) is 60.1 Å². The summed E-state index contributed by atoms with van der Waals surface area (Å²) in [5, 5.41) is 4.47. The zero-order valence-electron chi connectivity index (χ0n) is 12.2. The Bertz CT molecular complexity index is 676. The van der Waals surface area contributed by atoms with Gasteiger partial charge >= 0.3 is 5.97 Å². The normalized spacial score (nSPS) is 11.6. The standard InChI is InChI=1S/C18H16ClNO2/c1-2-17(13-8-14-6-4-3-5-7-14)20-22-18(21)15-9-11-16(19)12-10-15/h3-13H,2H2,1H3/b13-8+,20-17-. The van der Waals surface area contributed by atoms with Gasteiger partial charge in [-0.3, -0.25) is 0 Å². The van der Waals surface area contributed by atoms with Gasteiger partial charge in [0.15, 0.2) is 0 Å². The highest BCUT2D eigenvalue weighted by molar-refractivity contribution is 6.30. The first-order valence-corrected chi connectivity index (χ1v) is 7.33. The van der Waals surface area contributed by atoms with Crippen LogP contribution >= 0.6 is 11.6 Å². The number of hydrogen-bond acceptors (Lipinski definition) is 3. The molecular formula is C18H16ClNO2. The van der Waals surface area contributed by atoms with Crippen LogP contribution in [-0.4, -0.2) is 11.7 Å². The number of oxime groups is 1. The Hall–Kier alpha value is -2.39. The number of benzene rings is 2. The molecule has 2 aromatic carbocycles. The molecule has 0 saturated heterocycles. The fraction of sp³-hybridized carbons (Fsp3) is 0.111. The maximum Gasteiger partial charge on any atom is 0.365 e. The van der Waals surface area contributed by atoms with Crippen molar-refractivity contribution in [3.8, 4) is 0 Å². The topological polar surface area (TPSA) is 38.7 Å². The van der Waals surface area contributed by atoms with E-state index in [0.29, 0.717) is 22.7 Å². The van der Waals surface area contributed by atoms with Gasteiger partial charge in [-0.25, -0.2) is 4.79 Å². The summed E-state index contributed by atoms with van der Waals surface area (Å²) in [6, 6.07) is 16.3. The van der Waals surface area contributed by atoms with E-state index in [1.54, 1.807) is 24.3 Å². The second kappa shape index (κ2) is 8.15. The summed E-state index contributed by atoms with van der Waals surface area (Å²) in [7, 11) is 0. The number of carbonyl (C=O) groups is 1. The average Bonchev–Trinajstić information content (AvgIpc) is 2.56. The Balaban J connectivity index is 2.01. The Morgan fingerprint density at radius 2 is 1.82 bits per heavy atom. The SMILES string of the molecule is CCC(/C=C/c1ccccc1)=N/OC(=O)c1ccc(Cl)cc1. The highest BCUT2D eigenvalue weighted by Crippen LogP contribution is 2.11. The lowest BCUT2D eigenvalue weighted by atomic mass is 10.2. The Kier molecular flexibility index (Phi) is 5.92. The van der Waals surface area contributed by atoms with Gasteiger partial charge in [-0.05, 0) is 42.3 Å². The van der Waals surface area contributed by atoms with Crippen molar-refractivity contribution in [3.05, 3.63) is 76.8 Å². The van der Waals surface area contributed by atoms with Gasteiger partial charge in [-0.2, -0.15) is 0 Å².